The zero-order valence-corrected chi connectivity index (χ0v) is 15.5. The first kappa shape index (κ1) is 19.4. The average molecular weight is 373 g/mol. The highest BCUT2D eigenvalue weighted by molar-refractivity contribution is 5.90. The first-order valence-electron chi connectivity index (χ1n) is 9.32. The van der Waals surface area contributed by atoms with E-state index in [9.17, 15) is 14.7 Å². The zero-order chi connectivity index (χ0) is 19.8. The van der Waals surface area contributed by atoms with Crippen LogP contribution in [0.3, 0.4) is 0 Å². The van der Waals surface area contributed by atoms with E-state index >= 15 is 0 Å². The number of hydrogen-bond donors (Lipinski definition) is 2. The molecule has 3 aromatic rings. The number of carboxylic acids is 1. The van der Waals surface area contributed by atoms with Gasteiger partial charge < -0.3 is 10.4 Å². The van der Waals surface area contributed by atoms with Crippen LogP contribution in [0.25, 0.3) is 0 Å². The Labute approximate surface area is 164 Å². The molecule has 4 heteroatoms. The summed E-state index contributed by atoms with van der Waals surface area (Å²) in [5.74, 6) is -1.89. The molecule has 1 amide bonds. The van der Waals surface area contributed by atoms with Gasteiger partial charge in [-0.2, -0.15) is 0 Å². The van der Waals surface area contributed by atoms with Crippen molar-refractivity contribution >= 4 is 11.9 Å². The molecule has 0 bridgehead atoms. The highest BCUT2D eigenvalue weighted by Crippen LogP contribution is 2.25. The molecule has 0 aromatic heterocycles. The fraction of sp³-hybridized carbons (Fsp3) is 0.167. The highest BCUT2D eigenvalue weighted by atomic mass is 16.4. The molecule has 0 aliphatic rings. The first-order valence-corrected chi connectivity index (χ1v) is 9.32. The largest absolute Gasteiger partial charge is 0.480 e. The number of amides is 1. The molecule has 0 aliphatic carbocycles. The summed E-state index contributed by atoms with van der Waals surface area (Å²) in [6.45, 7) is 0. The smallest absolute Gasteiger partial charge is 0.326 e. The number of rotatable bonds is 8. The number of nitrogens with one attached hydrogen (secondary N) is 1. The normalized spacial score (nSPS) is 11.8. The van der Waals surface area contributed by atoms with Crippen molar-refractivity contribution in [2.45, 2.75) is 24.8 Å². The molecule has 0 radical (unpaired) electrons. The zero-order valence-electron chi connectivity index (χ0n) is 15.5. The summed E-state index contributed by atoms with van der Waals surface area (Å²) in [5.41, 5.74) is 2.71. The molecule has 28 heavy (non-hydrogen) atoms. The fourth-order valence-corrected chi connectivity index (χ4v) is 3.25. The molecule has 0 aliphatic heterocycles. The minimum absolute atomic E-state index is 0.308. The van der Waals surface area contributed by atoms with Crippen molar-refractivity contribution in [2.24, 2.45) is 0 Å². The molecule has 3 aromatic carbocycles. The van der Waals surface area contributed by atoms with E-state index in [2.05, 4.69) is 5.32 Å². The summed E-state index contributed by atoms with van der Waals surface area (Å²) in [7, 11) is 0. The second-order valence-electron chi connectivity index (χ2n) is 6.68. The second-order valence-corrected chi connectivity index (χ2v) is 6.68. The van der Waals surface area contributed by atoms with Gasteiger partial charge in [0, 0.05) is 0 Å². The van der Waals surface area contributed by atoms with E-state index in [1.165, 1.54) is 0 Å². The van der Waals surface area contributed by atoms with Gasteiger partial charge in [0.15, 0.2) is 0 Å². The van der Waals surface area contributed by atoms with Crippen LogP contribution in [0.2, 0.25) is 0 Å². The van der Waals surface area contributed by atoms with Gasteiger partial charge >= 0.3 is 5.97 Å². The molecule has 1 atom stereocenters. The minimum Gasteiger partial charge on any atom is -0.480 e. The Hall–Kier alpha value is -3.40. The predicted octanol–water partition coefficient (Wildman–Crippen LogP) is 4.02. The van der Waals surface area contributed by atoms with Crippen molar-refractivity contribution < 1.29 is 14.7 Å². The Morgan fingerprint density at radius 3 is 1.68 bits per heavy atom. The van der Waals surface area contributed by atoms with Crippen LogP contribution in [0.1, 0.15) is 29.0 Å². The van der Waals surface area contributed by atoms with Crippen molar-refractivity contribution in [3.8, 4) is 0 Å². The van der Waals surface area contributed by atoms with Crippen LogP contribution in [-0.2, 0) is 16.0 Å². The monoisotopic (exact) mass is 373 g/mol. The lowest BCUT2D eigenvalue weighted by Gasteiger charge is -2.21. The van der Waals surface area contributed by atoms with Crippen LogP contribution >= 0.6 is 0 Å². The molecule has 4 nitrogen and oxygen atoms in total. The van der Waals surface area contributed by atoms with Gasteiger partial charge in [-0.25, -0.2) is 4.79 Å². The number of carbonyl (C=O) groups excluding carboxylic acids is 1. The molecule has 0 fully saturated rings. The Bertz CT molecular complexity index is 855. The van der Waals surface area contributed by atoms with Gasteiger partial charge in [-0.3, -0.25) is 4.79 Å². The average Bonchev–Trinajstić information content (AvgIpc) is 2.73. The Morgan fingerprint density at radius 1 is 0.750 bits per heavy atom. The SMILES string of the molecule is O=C(N[C@@H](CCc1ccccc1)C(=O)O)C(c1ccccc1)c1ccccc1. The highest BCUT2D eigenvalue weighted by Gasteiger charge is 2.27. The fourth-order valence-electron chi connectivity index (χ4n) is 3.25. The van der Waals surface area contributed by atoms with Crippen LogP contribution in [0.4, 0.5) is 0 Å². The topological polar surface area (TPSA) is 66.4 Å². The maximum absolute atomic E-state index is 13.1. The molecule has 0 unspecified atom stereocenters. The lowest BCUT2D eigenvalue weighted by Crippen LogP contribution is -2.43. The third kappa shape index (κ3) is 5.07. The summed E-state index contributed by atoms with van der Waals surface area (Å²) in [6, 6.07) is 27.6. The van der Waals surface area contributed by atoms with Gasteiger partial charge in [0.2, 0.25) is 5.91 Å². The lowest BCUT2D eigenvalue weighted by molar-refractivity contribution is -0.142. The predicted molar refractivity (Wildman–Crippen MR) is 109 cm³/mol. The molecule has 2 N–H and O–H groups in total. The Kier molecular flexibility index (Phi) is 6.58. The molecule has 0 saturated heterocycles. The summed E-state index contributed by atoms with van der Waals surface area (Å²) in [6.07, 6.45) is 0.917. The van der Waals surface area contributed by atoms with Crippen LogP contribution in [0.15, 0.2) is 91.0 Å². The molecular weight excluding hydrogens is 350 g/mol. The number of benzene rings is 3. The van der Waals surface area contributed by atoms with E-state index in [0.29, 0.717) is 12.8 Å². The van der Waals surface area contributed by atoms with E-state index in [1.54, 1.807) is 0 Å². The Morgan fingerprint density at radius 2 is 1.21 bits per heavy atom. The van der Waals surface area contributed by atoms with Crippen LogP contribution in [-0.4, -0.2) is 23.0 Å². The number of aliphatic carboxylic acids is 1. The van der Waals surface area contributed by atoms with Crippen molar-refractivity contribution in [1.82, 2.24) is 5.32 Å². The van der Waals surface area contributed by atoms with Gasteiger partial charge in [0.05, 0.1) is 5.92 Å². The summed E-state index contributed by atoms with van der Waals surface area (Å²) in [4.78, 5) is 24.8. The van der Waals surface area contributed by atoms with E-state index in [0.717, 1.165) is 16.7 Å². The van der Waals surface area contributed by atoms with Crippen molar-refractivity contribution in [3.05, 3.63) is 108 Å². The number of hydrogen-bond acceptors (Lipinski definition) is 2. The van der Waals surface area contributed by atoms with Gasteiger partial charge in [-0.1, -0.05) is 91.0 Å². The van der Waals surface area contributed by atoms with Crippen molar-refractivity contribution in [2.75, 3.05) is 0 Å². The van der Waals surface area contributed by atoms with Gasteiger partial charge in [0.1, 0.15) is 6.04 Å². The quantitative estimate of drug-likeness (QED) is 0.627. The summed E-state index contributed by atoms with van der Waals surface area (Å²) >= 11 is 0. The first-order chi connectivity index (χ1) is 13.6. The lowest BCUT2D eigenvalue weighted by atomic mass is 9.90. The standard InChI is InChI=1S/C24H23NO3/c26-23(25-21(24(27)28)17-16-18-10-4-1-5-11-18)22(19-12-6-2-7-13-19)20-14-8-3-9-15-20/h1-15,21-22H,16-17H2,(H,25,26)(H,27,28)/t21-/m0/s1. The van der Waals surface area contributed by atoms with E-state index < -0.39 is 17.9 Å². The van der Waals surface area contributed by atoms with Gasteiger partial charge in [-0.15, -0.1) is 0 Å². The second kappa shape index (κ2) is 9.51. The number of carbonyl (C=O) groups is 2. The van der Waals surface area contributed by atoms with Crippen molar-refractivity contribution in [1.29, 1.82) is 0 Å². The molecule has 3 rings (SSSR count). The maximum atomic E-state index is 13.1. The maximum Gasteiger partial charge on any atom is 0.326 e. The third-order valence-electron chi connectivity index (χ3n) is 4.71. The summed E-state index contributed by atoms with van der Waals surface area (Å²) in [5, 5.41) is 12.4. The minimum atomic E-state index is -1.02. The van der Waals surface area contributed by atoms with Crippen LogP contribution in [0.5, 0.6) is 0 Å². The van der Waals surface area contributed by atoms with E-state index in [-0.39, 0.29) is 5.91 Å². The Balaban J connectivity index is 1.78. The molecule has 0 saturated carbocycles. The molecular formula is C24H23NO3. The number of carboxylic acid groups (broad SMARTS) is 1. The third-order valence-corrected chi connectivity index (χ3v) is 4.71. The number of aryl methyl sites for hydroxylation is 1. The van der Waals surface area contributed by atoms with E-state index in [1.807, 2.05) is 91.0 Å². The molecule has 0 spiro atoms. The van der Waals surface area contributed by atoms with Crippen molar-refractivity contribution in [3.63, 3.8) is 0 Å². The van der Waals surface area contributed by atoms with Gasteiger partial charge in [-0.05, 0) is 29.5 Å². The van der Waals surface area contributed by atoms with Gasteiger partial charge in [0.25, 0.3) is 0 Å². The molecule has 0 heterocycles. The van der Waals surface area contributed by atoms with Crippen LogP contribution in [0, 0.1) is 0 Å². The van der Waals surface area contributed by atoms with E-state index in [4.69, 9.17) is 0 Å². The van der Waals surface area contributed by atoms with Crippen LogP contribution < -0.4 is 5.32 Å². The molecule has 142 valence electrons. The summed E-state index contributed by atoms with van der Waals surface area (Å²) < 4.78 is 0.